The van der Waals surface area contributed by atoms with Crippen LogP contribution in [-0.2, 0) is 16.3 Å². The maximum absolute atomic E-state index is 12.2. The molecular weight excluding hydrogens is 370 g/mol. The minimum Gasteiger partial charge on any atom is -0.390 e. The van der Waals surface area contributed by atoms with Gasteiger partial charge in [-0.15, -0.1) is 11.3 Å². The summed E-state index contributed by atoms with van der Waals surface area (Å²) in [5.41, 5.74) is 1.22. The maximum Gasteiger partial charge on any atom is 0.191 e. The van der Waals surface area contributed by atoms with Gasteiger partial charge in [0.25, 0.3) is 0 Å². The van der Waals surface area contributed by atoms with Crippen LogP contribution >= 0.6 is 11.3 Å². The van der Waals surface area contributed by atoms with Crippen molar-refractivity contribution >= 4 is 27.1 Å². The van der Waals surface area contributed by atoms with E-state index >= 15 is 0 Å². The van der Waals surface area contributed by atoms with Crippen molar-refractivity contribution in [1.82, 2.24) is 10.6 Å². The molecule has 0 bridgehead atoms. The first-order valence-corrected chi connectivity index (χ1v) is 11.0. The molecule has 0 fully saturated rings. The molecule has 26 heavy (non-hydrogen) atoms. The molecule has 0 spiro atoms. The Hall–Kier alpha value is -1.90. The highest BCUT2D eigenvalue weighted by atomic mass is 32.2. The van der Waals surface area contributed by atoms with Crippen LogP contribution in [0.3, 0.4) is 0 Å². The Morgan fingerprint density at radius 1 is 1.19 bits per heavy atom. The van der Waals surface area contributed by atoms with E-state index in [0.717, 1.165) is 17.8 Å². The predicted molar refractivity (Wildman–Crippen MR) is 107 cm³/mol. The number of aliphatic imine (C=N–C) groups is 1. The number of aliphatic hydroxyl groups excluding tert-OH is 1. The number of hydrogen-bond acceptors (Lipinski definition) is 5. The Kier molecular flexibility index (Phi) is 8.08. The van der Waals surface area contributed by atoms with Gasteiger partial charge in [-0.1, -0.05) is 36.4 Å². The third-order valence-corrected chi connectivity index (χ3v) is 6.85. The molecule has 0 saturated heterocycles. The summed E-state index contributed by atoms with van der Waals surface area (Å²) < 4.78 is 24.6. The van der Waals surface area contributed by atoms with E-state index in [4.69, 9.17) is 0 Å². The topological polar surface area (TPSA) is 90.8 Å². The molecule has 0 amide bonds. The number of nitrogens with one attached hydrogen (secondary N) is 2. The standard InChI is InChI=1S/C18H25N3O3S2/c1-2-19-18(20-11-10-15-7-4-3-5-8-15)21-13-16(22)14-26(23,24)17-9-6-12-25-17/h3-9,12,16,22H,2,10-11,13-14H2,1H3,(H2,19,20,21). The summed E-state index contributed by atoms with van der Waals surface area (Å²) in [6, 6.07) is 13.3. The van der Waals surface area contributed by atoms with Gasteiger partial charge in [0, 0.05) is 13.1 Å². The first-order valence-electron chi connectivity index (χ1n) is 8.51. The zero-order valence-corrected chi connectivity index (χ0v) is 16.4. The van der Waals surface area contributed by atoms with Gasteiger partial charge in [0.05, 0.1) is 18.4 Å². The lowest BCUT2D eigenvalue weighted by atomic mass is 10.1. The van der Waals surface area contributed by atoms with Crippen molar-refractivity contribution < 1.29 is 13.5 Å². The number of rotatable bonds is 9. The highest BCUT2D eigenvalue weighted by molar-refractivity contribution is 7.93. The van der Waals surface area contributed by atoms with E-state index in [1.807, 2.05) is 25.1 Å². The zero-order valence-electron chi connectivity index (χ0n) is 14.8. The number of thiophene rings is 1. The Morgan fingerprint density at radius 3 is 2.62 bits per heavy atom. The first kappa shape index (κ1) is 20.4. The van der Waals surface area contributed by atoms with Gasteiger partial charge in [-0.25, -0.2) is 8.42 Å². The van der Waals surface area contributed by atoms with Gasteiger partial charge in [0.2, 0.25) is 0 Å². The third-order valence-electron chi connectivity index (χ3n) is 3.57. The van der Waals surface area contributed by atoms with Crippen molar-refractivity contribution in [2.24, 2.45) is 4.99 Å². The monoisotopic (exact) mass is 395 g/mol. The van der Waals surface area contributed by atoms with Crippen LogP contribution in [0, 0.1) is 0 Å². The molecular formula is C18H25N3O3S2. The lowest BCUT2D eigenvalue weighted by molar-refractivity contribution is 0.206. The van der Waals surface area contributed by atoms with Crippen molar-refractivity contribution in [3.63, 3.8) is 0 Å². The van der Waals surface area contributed by atoms with Gasteiger partial charge in [-0.3, -0.25) is 4.99 Å². The van der Waals surface area contributed by atoms with Crippen molar-refractivity contribution in [3.05, 3.63) is 53.4 Å². The Morgan fingerprint density at radius 2 is 1.96 bits per heavy atom. The average Bonchev–Trinajstić information content (AvgIpc) is 3.16. The van der Waals surface area contributed by atoms with Crippen molar-refractivity contribution in [1.29, 1.82) is 0 Å². The second kappa shape index (κ2) is 10.3. The van der Waals surface area contributed by atoms with Crippen LogP contribution in [-0.4, -0.2) is 51.0 Å². The summed E-state index contributed by atoms with van der Waals surface area (Å²) in [4.78, 5) is 4.29. The lowest BCUT2D eigenvalue weighted by Gasteiger charge is -2.13. The lowest BCUT2D eigenvalue weighted by Crippen LogP contribution is -2.39. The molecule has 142 valence electrons. The number of hydrogen-bond donors (Lipinski definition) is 3. The summed E-state index contributed by atoms with van der Waals surface area (Å²) >= 11 is 1.15. The van der Waals surface area contributed by atoms with E-state index in [1.54, 1.807) is 17.5 Å². The minimum absolute atomic E-state index is 0.0191. The second-order valence-corrected chi connectivity index (χ2v) is 8.96. The summed E-state index contributed by atoms with van der Waals surface area (Å²) in [6.07, 6.45) is -0.202. The van der Waals surface area contributed by atoms with Gasteiger partial charge in [0.1, 0.15) is 4.21 Å². The number of guanidine groups is 1. The Bertz CT molecular complexity index is 775. The molecule has 6 nitrogen and oxygen atoms in total. The van der Waals surface area contributed by atoms with Gasteiger partial charge in [0.15, 0.2) is 15.8 Å². The van der Waals surface area contributed by atoms with Crippen LogP contribution < -0.4 is 10.6 Å². The van der Waals surface area contributed by atoms with Gasteiger partial charge in [-0.05, 0) is 30.4 Å². The zero-order chi connectivity index (χ0) is 18.8. The van der Waals surface area contributed by atoms with E-state index in [0.29, 0.717) is 19.0 Å². The minimum atomic E-state index is -3.47. The van der Waals surface area contributed by atoms with Gasteiger partial charge >= 0.3 is 0 Å². The molecule has 0 aliphatic heterocycles. The number of sulfone groups is 1. The number of nitrogens with zero attached hydrogens (tertiary/aromatic N) is 1. The van der Waals surface area contributed by atoms with Crippen molar-refractivity contribution in [3.8, 4) is 0 Å². The number of benzene rings is 1. The summed E-state index contributed by atoms with van der Waals surface area (Å²) in [5.74, 6) is 0.233. The van der Waals surface area contributed by atoms with Gasteiger partial charge < -0.3 is 15.7 Å². The molecule has 0 saturated carbocycles. The molecule has 0 aliphatic carbocycles. The van der Waals surface area contributed by atoms with Gasteiger partial charge in [-0.2, -0.15) is 0 Å². The highest BCUT2D eigenvalue weighted by Crippen LogP contribution is 2.18. The fourth-order valence-electron chi connectivity index (χ4n) is 2.34. The molecule has 0 radical (unpaired) electrons. The van der Waals surface area contributed by atoms with E-state index in [9.17, 15) is 13.5 Å². The third kappa shape index (κ3) is 6.78. The molecule has 3 N–H and O–H groups in total. The predicted octanol–water partition coefficient (Wildman–Crippen LogP) is 1.68. The molecule has 0 aliphatic rings. The Balaban J connectivity index is 1.85. The quantitative estimate of drug-likeness (QED) is 0.444. The second-order valence-electron chi connectivity index (χ2n) is 5.75. The fourth-order valence-corrected chi connectivity index (χ4v) is 4.80. The maximum atomic E-state index is 12.2. The molecule has 1 unspecified atom stereocenters. The summed E-state index contributed by atoms with van der Waals surface area (Å²) in [7, 11) is -3.47. The molecule has 1 aromatic carbocycles. The largest absolute Gasteiger partial charge is 0.390 e. The molecule has 1 aromatic heterocycles. The van der Waals surface area contributed by atoms with Crippen molar-refractivity contribution in [2.75, 3.05) is 25.4 Å². The number of aliphatic hydroxyl groups is 1. The van der Waals surface area contributed by atoms with Crippen LogP contribution in [0.25, 0.3) is 0 Å². The molecule has 2 rings (SSSR count). The SMILES string of the molecule is CCNC(=NCC(O)CS(=O)(=O)c1cccs1)NCCc1ccccc1. The fraction of sp³-hybridized carbons (Fsp3) is 0.389. The first-order chi connectivity index (χ1) is 12.5. The van der Waals surface area contributed by atoms with Crippen LogP contribution in [0.4, 0.5) is 0 Å². The highest BCUT2D eigenvalue weighted by Gasteiger charge is 2.20. The molecule has 8 heteroatoms. The molecule has 1 heterocycles. The van der Waals surface area contributed by atoms with E-state index in [2.05, 4.69) is 27.8 Å². The van der Waals surface area contributed by atoms with Crippen LogP contribution in [0.2, 0.25) is 0 Å². The molecule has 2 aromatic rings. The summed E-state index contributed by atoms with van der Waals surface area (Å²) in [6.45, 7) is 3.34. The van der Waals surface area contributed by atoms with Crippen LogP contribution in [0.1, 0.15) is 12.5 Å². The van der Waals surface area contributed by atoms with Crippen molar-refractivity contribution in [2.45, 2.75) is 23.7 Å². The van der Waals surface area contributed by atoms with E-state index in [1.165, 1.54) is 5.56 Å². The smallest absolute Gasteiger partial charge is 0.191 e. The van der Waals surface area contributed by atoms with Crippen LogP contribution in [0.5, 0.6) is 0 Å². The van der Waals surface area contributed by atoms with E-state index in [-0.39, 0.29) is 16.5 Å². The molecule has 1 atom stereocenters. The van der Waals surface area contributed by atoms with E-state index < -0.39 is 15.9 Å². The Labute approximate surface area is 158 Å². The average molecular weight is 396 g/mol. The van der Waals surface area contributed by atoms with Crippen LogP contribution in [0.15, 0.2) is 57.0 Å². The summed E-state index contributed by atoms with van der Waals surface area (Å²) in [5, 5.41) is 18.1. The normalized spacial score (nSPS) is 13.4.